The number of anilines is 1. The normalized spacial score (nSPS) is 13.8. The van der Waals surface area contributed by atoms with E-state index in [4.69, 9.17) is 4.74 Å². The predicted molar refractivity (Wildman–Crippen MR) is 108 cm³/mol. The van der Waals surface area contributed by atoms with Crippen LogP contribution in [0.25, 0.3) is 0 Å². The second-order valence-corrected chi connectivity index (χ2v) is 7.29. The van der Waals surface area contributed by atoms with Crippen LogP contribution in [0.3, 0.4) is 0 Å². The molecule has 0 bridgehead atoms. The second kappa shape index (κ2) is 8.46. The molecule has 3 rings (SSSR count). The van der Waals surface area contributed by atoms with Crippen molar-refractivity contribution in [2.24, 2.45) is 0 Å². The Labute approximate surface area is 165 Å². The summed E-state index contributed by atoms with van der Waals surface area (Å²) in [5.74, 6) is 0.454. The van der Waals surface area contributed by atoms with Gasteiger partial charge in [0.05, 0.1) is 18.5 Å². The predicted octanol–water partition coefficient (Wildman–Crippen LogP) is 3.52. The zero-order valence-corrected chi connectivity index (χ0v) is 17.0. The molecule has 0 aliphatic carbocycles. The van der Waals surface area contributed by atoms with Gasteiger partial charge in [0.25, 0.3) is 11.8 Å². The van der Waals surface area contributed by atoms with Crippen LogP contribution in [0, 0.1) is 0 Å². The number of benzene rings is 1. The Hall–Kier alpha value is -2.83. The van der Waals surface area contributed by atoms with Crippen LogP contribution in [0.2, 0.25) is 0 Å². The molecule has 0 radical (unpaired) electrons. The molecular weight excluding hydrogens is 356 g/mol. The summed E-state index contributed by atoms with van der Waals surface area (Å²) in [5, 5.41) is 7.39. The average Bonchev–Trinajstić information content (AvgIpc) is 3.37. The van der Waals surface area contributed by atoms with Crippen LogP contribution in [0.5, 0.6) is 5.75 Å². The van der Waals surface area contributed by atoms with Gasteiger partial charge in [0, 0.05) is 25.2 Å². The van der Waals surface area contributed by atoms with Crippen molar-refractivity contribution < 1.29 is 14.3 Å². The van der Waals surface area contributed by atoms with Crippen molar-refractivity contribution in [3.05, 3.63) is 41.2 Å². The monoisotopic (exact) mass is 384 g/mol. The molecule has 7 nitrogen and oxygen atoms in total. The van der Waals surface area contributed by atoms with Gasteiger partial charge in [0.15, 0.2) is 0 Å². The molecule has 1 saturated heterocycles. The molecule has 1 aromatic carbocycles. The van der Waals surface area contributed by atoms with Gasteiger partial charge in [-0.1, -0.05) is 13.8 Å². The van der Waals surface area contributed by atoms with E-state index in [1.807, 2.05) is 31.7 Å². The van der Waals surface area contributed by atoms with E-state index in [0.29, 0.717) is 29.2 Å². The number of hydrogen-bond acceptors (Lipinski definition) is 4. The molecule has 1 fully saturated rings. The lowest BCUT2D eigenvalue weighted by atomic mass is 10.1. The van der Waals surface area contributed by atoms with E-state index >= 15 is 0 Å². The van der Waals surface area contributed by atoms with Crippen molar-refractivity contribution in [2.75, 3.05) is 25.5 Å². The van der Waals surface area contributed by atoms with Crippen LogP contribution in [0.15, 0.2) is 24.3 Å². The number of carbonyl (C=O) groups excluding carboxylic acids is 2. The van der Waals surface area contributed by atoms with Crippen LogP contribution < -0.4 is 10.1 Å². The second-order valence-electron chi connectivity index (χ2n) is 7.29. The van der Waals surface area contributed by atoms with Gasteiger partial charge < -0.3 is 15.0 Å². The van der Waals surface area contributed by atoms with Crippen LogP contribution in [-0.2, 0) is 6.54 Å². The van der Waals surface area contributed by atoms with Crippen LogP contribution >= 0.6 is 0 Å². The molecule has 150 valence electrons. The molecule has 1 N–H and O–H groups in total. The Bertz CT molecular complexity index is 867. The number of ether oxygens (including phenoxy) is 1. The molecule has 1 aliphatic rings. The first kappa shape index (κ1) is 19.9. The summed E-state index contributed by atoms with van der Waals surface area (Å²) >= 11 is 0. The third kappa shape index (κ3) is 4.03. The zero-order chi connectivity index (χ0) is 20.3. The maximum Gasteiger partial charge on any atom is 0.274 e. The molecule has 0 atom stereocenters. The Morgan fingerprint density at radius 2 is 1.93 bits per heavy atom. The van der Waals surface area contributed by atoms with Gasteiger partial charge in [0.1, 0.15) is 11.4 Å². The van der Waals surface area contributed by atoms with Crippen molar-refractivity contribution in [1.29, 1.82) is 0 Å². The topological polar surface area (TPSA) is 76.5 Å². The van der Waals surface area contributed by atoms with E-state index in [9.17, 15) is 9.59 Å². The maximum absolute atomic E-state index is 12.9. The molecule has 2 aromatic rings. The van der Waals surface area contributed by atoms with Crippen molar-refractivity contribution in [3.8, 4) is 5.75 Å². The fraction of sp³-hybridized carbons (Fsp3) is 0.476. The zero-order valence-electron chi connectivity index (χ0n) is 17.0. The van der Waals surface area contributed by atoms with E-state index in [1.54, 1.807) is 30.0 Å². The number of aryl methyl sites for hydroxylation is 1. The third-order valence-corrected chi connectivity index (χ3v) is 5.01. The fourth-order valence-corrected chi connectivity index (χ4v) is 3.37. The number of amides is 2. The number of hydrogen-bond donors (Lipinski definition) is 1. The first-order chi connectivity index (χ1) is 13.4. The highest BCUT2D eigenvalue weighted by molar-refractivity contribution is 6.05. The Balaban J connectivity index is 1.87. The Kier molecular flexibility index (Phi) is 6.02. The first-order valence-corrected chi connectivity index (χ1v) is 9.81. The van der Waals surface area contributed by atoms with Gasteiger partial charge in [-0.05, 0) is 49.9 Å². The smallest absolute Gasteiger partial charge is 0.274 e. The van der Waals surface area contributed by atoms with Gasteiger partial charge in [-0.15, -0.1) is 0 Å². The number of rotatable bonds is 6. The minimum absolute atomic E-state index is 0.0173. The standard InChI is InChI=1S/C21H28N4O3/c1-5-25-18(13-16(23-25)14(2)3)20(26)22-17-12-15(8-9-19(17)28-4)21(27)24-10-6-7-11-24/h8-9,12-14H,5-7,10-11H2,1-4H3,(H,22,26). The van der Waals surface area contributed by atoms with Crippen molar-refractivity contribution in [1.82, 2.24) is 14.7 Å². The van der Waals surface area contributed by atoms with Gasteiger partial charge in [0.2, 0.25) is 0 Å². The summed E-state index contributed by atoms with van der Waals surface area (Å²) in [6, 6.07) is 6.96. The molecule has 1 aliphatic heterocycles. The van der Waals surface area contributed by atoms with Crippen molar-refractivity contribution in [2.45, 2.75) is 46.1 Å². The number of methoxy groups -OCH3 is 1. The fourth-order valence-electron chi connectivity index (χ4n) is 3.37. The number of nitrogens with zero attached hydrogens (tertiary/aromatic N) is 3. The molecule has 2 heterocycles. The summed E-state index contributed by atoms with van der Waals surface area (Å²) in [7, 11) is 1.54. The Morgan fingerprint density at radius 3 is 2.54 bits per heavy atom. The van der Waals surface area contributed by atoms with E-state index in [2.05, 4.69) is 10.4 Å². The van der Waals surface area contributed by atoms with E-state index in [-0.39, 0.29) is 17.7 Å². The lowest BCUT2D eigenvalue weighted by molar-refractivity contribution is 0.0792. The maximum atomic E-state index is 12.9. The van der Waals surface area contributed by atoms with Gasteiger partial charge >= 0.3 is 0 Å². The quantitative estimate of drug-likeness (QED) is 0.827. The molecule has 0 saturated carbocycles. The van der Waals surface area contributed by atoms with Crippen LogP contribution in [0.1, 0.15) is 66.1 Å². The molecule has 0 spiro atoms. The number of aromatic nitrogens is 2. The van der Waals surface area contributed by atoms with E-state index in [1.165, 1.54) is 0 Å². The molecular formula is C21H28N4O3. The molecule has 2 amide bonds. The lowest BCUT2D eigenvalue weighted by Gasteiger charge is -2.17. The summed E-state index contributed by atoms with van der Waals surface area (Å²) in [4.78, 5) is 27.4. The summed E-state index contributed by atoms with van der Waals surface area (Å²) in [6.07, 6.45) is 2.06. The number of likely N-dealkylation sites (tertiary alicyclic amines) is 1. The minimum atomic E-state index is -0.273. The molecule has 28 heavy (non-hydrogen) atoms. The Morgan fingerprint density at radius 1 is 1.21 bits per heavy atom. The average molecular weight is 384 g/mol. The van der Waals surface area contributed by atoms with Gasteiger partial charge in [-0.2, -0.15) is 5.10 Å². The lowest BCUT2D eigenvalue weighted by Crippen LogP contribution is -2.27. The van der Waals surface area contributed by atoms with E-state index < -0.39 is 0 Å². The van der Waals surface area contributed by atoms with Crippen molar-refractivity contribution >= 4 is 17.5 Å². The number of nitrogens with one attached hydrogen (secondary N) is 1. The first-order valence-electron chi connectivity index (χ1n) is 9.81. The highest BCUT2D eigenvalue weighted by Gasteiger charge is 2.22. The van der Waals surface area contributed by atoms with Crippen LogP contribution in [0.4, 0.5) is 5.69 Å². The van der Waals surface area contributed by atoms with E-state index in [0.717, 1.165) is 31.6 Å². The molecule has 7 heteroatoms. The molecule has 1 aromatic heterocycles. The molecule has 0 unspecified atom stereocenters. The summed E-state index contributed by atoms with van der Waals surface area (Å²) in [5.41, 5.74) is 2.39. The van der Waals surface area contributed by atoms with Crippen molar-refractivity contribution in [3.63, 3.8) is 0 Å². The largest absolute Gasteiger partial charge is 0.495 e. The SMILES string of the molecule is CCn1nc(C(C)C)cc1C(=O)Nc1cc(C(=O)N2CCCC2)ccc1OC. The highest BCUT2D eigenvalue weighted by atomic mass is 16.5. The highest BCUT2D eigenvalue weighted by Crippen LogP contribution is 2.27. The van der Waals surface area contributed by atoms with Gasteiger partial charge in [-0.25, -0.2) is 0 Å². The van der Waals surface area contributed by atoms with Crippen LogP contribution in [-0.4, -0.2) is 46.7 Å². The summed E-state index contributed by atoms with van der Waals surface area (Å²) in [6.45, 7) is 8.19. The summed E-state index contributed by atoms with van der Waals surface area (Å²) < 4.78 is 7.07. The number of carbonyl (C=O) groups is 2. The van der Waals surface area contributed by atoms with Gasteiger partial charge in [-0.3, -0.25) is 14.3 Å². The minimum Gasteiger partial charge on any atom is -0.495 e. The third-order valence-electron chi connectivity index (χ3n) is 5.01.